The Kier molecular flexibility index (Phi) is 6.90. The van der Waals surface area contributed by atoms with E-state index in [2.05, 4.69) is 5.16 Å². The second-order valence-corrected chi connectivity index (χ2v) is 7.49. The van der Waals surface area contributed by atoms with E-state index in [1.54, 1.807) is 36.2 Å². The lowest BCUT2D eigenvalue weighted by Crippen LogP contribution is -2.40. The van der Waals surface area contributed by atoms with E-state index < -0.39 is 5.97 Å². The van der Waals surface area contributed by atoms with Crippen molar-refractivity contribution in [3.8, 4) is 5.75 Å². The highest BCUT2D eigenvalue weighted by Crippen LogP contribution is 2.22. The van der Waals surface area contributed by atoms with Crippen molar-refractivity contribution in [1.29, 1.82) is 0 Å². The summed E-state index contributed by atoms with van der Waals surface area (Å²) in [5, 5.41) is 3.90. The van der Waals surface area contributed by atoms with Crippen LogP contribution in [0.1, 0.15) is 59.5 Å². The maximum Gasteiger partial charge on any atom is 0.338 e. The van der Waals surface area contributed by atoms with Crippen LogP contribution in [-0.4, -0.2) is 41.6 Å². The number of benzene rings is 1. The summed E-state index contributed by atoms with van der Waals surface area (Å²) < 4.78 is 16.0. The lowest BCUT2D eigenvalue weighted by Gasteiger charge is -2.31. The van der Waals surface area contributed by atoms with Crippen LogP contribution in [0.15, 0.2) is 28.8 Å². The minimum Gasteiger partial charge on any atom is -0.489 e. The van der Waals surface area contributed by atoms with Gasteiger partial charge in [-0.2, -0.15) is 0 Å². The molecule has 0 unspecified atom stereocenters. The zero-order valence-corrected chi connectivity index (χ0v) is 17.3. The van der Waals surface area contributed by atoms with Crippen LogP contribution in [0, 0.1) is 13.8 Å². The van der Waals surface area contributed by atoms with Crippen molar-refractivity contribution in [1.82, 2.24) is 10.1 Å². The van der Waals surface area contributed by atoms with Gasteiger partial charge >= 0.3 is 5.97 Å². The molecule has 1 aromatic carbocycles. The maximum atomic E-state index is 12.3. The van der Waals surface area contributed by atoms with Crippen LogP contribution >= 0.6 is 0 Å². The third kappa shape index (κ3) is 5.37. The number of hydrogen-bond acceptors (Lipinski definition) is 6. The third-order valence-corrected chi connectivity index (χ3v) is 5.50. The van der Waals surface area contributed by atoms with E-state index >= 15 is 0 Å². The lowest BCUT2D eigenvalue weighted by molar-refractivity contribution is -0.135. The summed E-state index contributed by atoms with van der Waals surface area (Å²) >= 11 is 0. The summed E-state index contributed by atoms with van der Waals surface area (Å²) in [6.07, 6.45) is 5.56. The molecule has 0 spiro atoms. The van der Waals surface area contributed by atoms with E-state index in [-0.39, 0.29) is 18.6 Å². The zero-order chi connectivity index (χ0) is 20.8. The van der Waals surface area contributed by atoms with Gasteiger partial charge in [-0.15, -0.1) is 0 Å². The van der Waals surface area contributed by atoms with E-state index in [1.165, 1.54) is 6.42 Å². The van der Waals surface area contributed by atoms with Crippen molar-refractivity contribution in [3.05, 3.63) is 46.8 Å². The number of likely N-dealkylation sites (N-methyl/N-ethyl adjacent to an activating group) is 1. The monoisotopic (exact) mass is 400 g/mol. The molecule has 7 heteroatoms. The predicted octanol–water partition coefficient (Wildman–Crippen LogP) is 3.82. The van der Waals surface area contributed by atoms with Gasteiger partial charge in [0.2, 0.25) is 0 Å². The molecule has 1 heterocycles. The number of carbonyl (C=O) groups is 2. The first kappa shape index (κ1) is 20.9. The molecule has 156 valence electrons. The van der Waals surface area contributed by atoms with Gasteiger partial charge in [0.05, 0.1) is 16.8 Å². The summed E-state index contributed by atoms with van der Waals surface area (Å²) in [7, 11) is 1.79. The quantitative estimate of drug-likeness (QED) is 0.657. The normalized spacial score (nSPS) is 14.4. The number of carbonyl (C=O) groups excluding carboxylic acids is 2. The van der Waals surface area contributed by atoms with Crippen LogP contribution in [0.4, 0.5) is 0 Å². The van der Waals surface area contributed by atoms with Crippen molar-refractivity contribution in [2.45, 2.75) is 58.6 Å². The number of esters is 1. The van der Waals surface area contributed by atoms with Gasteiger partial charge in [0.1, 0.15) is 18.1 Å². The molecule has 0 radical (unpaired) electrons. The van der Waals surface area contributed by atoms with Crippen LogP contribution in [0.5, 0.6) is 5.75 Å². The average molecular weight is 400 g/mol. The molecule has 1 aliphatic rings. The minimum absolute atomic E-state index is 0.162. The van der Waals surface area contributed by atoms with E-state index in [0.29, 0.717) is 17.9 Å². The molecule has 1 amide bonds. The molecule has 7 nitrogen and oxygen atoms in total. The Labute approximate surface area is 171 Å². The fraction of sp³-hybridized carbons (Fsp3) is 0.500. The van der Waals surface area contributed by atoms with Gasteiger partial charge < -0.3 is 18.9 Å². The number of rotatable bonds is 7. The Morgan fingerprint density at radius 3 is 2.45 bits per heavy atom. The van der Waals surface area contributed by atoms with Crippen molar-refractivity contribution in [3.63, 3.8) is 0 Å². The molecular formula is C22H28N2O5. The maximum absolute atomic E-state index is 12.3. The van der Waals surface area contributed by atoms with Crippen molar-refractivity contribution < 1.29 is 23.6 Å². The molecule has 1 saturated carbocycles. The molecule has 1 fully saturated rings. The van der Waals surface area contributed by atoms with Crippen LogP contribution in [0.3, 0.4) is 0 Å². The second kappa shape index (κ2) is 9.58. The number of aromatic nitrogens is 1. The number of nitrogens with zero attached hydrogens (tertiary/aromatic N) is 2. The number of hydrogen-bond donors (Lipinski definition) is 0. The summed E-state index contributed by atoms with van der Waals surface area (Å²) in [6, 6.07) is 6.90. The highest BCUT2D eigenvalue weighted by molar-refractivity contribution is 5.91. The van der Waals surface area contributed by atoms with Crippen molar-refractivity contribution >= 4 is 11.9 Å². The first-order chi connectivity index (χ1) is 14.0. The Hall–Kier alpha value is -2.83. The second-order valence-electron chi connectivity index (χ2n) is 7.49. The molecule has 3 rings (SSSR count). The lowest BCUT2D eigenvalue weighted by atomic mass is 9.94. The average Bonchev–Trinajstić information content (AvgIpc) is 3.08. The molecule has 0 atom stereocenters. The van der Waals surface area contributed by atoms with E-state index in [1.807, 2.05) is 13.8 Å². The first-order valence-electron chi connectivity index (χ1n) is 10.0. The fourth-order valence-electron chi connectivity index (χ4n) is 3.54. The molecule has 0 N–H and O–H groups in total. The largest absolute Gasteiger partial charge is 0.489 e. The molecular weight excluding hydrogens is 372 g/mol. The third-order valence-electron chi connectivity index (χ3n) is 5.50. The summed E-state index contributed by atoms with van der Waals surface area (Å²) in [5.74, 6) is 0.664. The Bertz CT molecular complexity index is 818. The smallest absolute Gasteiger partial charge is 0.338 e. The zero-order valence-electron chi connectivity index (χ0n) is 17.3. The van der Waals surface area contributed by atoms with Crippen LogP contribution in [-0.2, 0) is 16.1 Å². The molecule has 1 aromatic heterocycles. The van der Waals surface area contributed by atoms with Gasteiger partial charge in [-0.25, -0.2) is 4.79 Å². The SMILES string of the molecule is Cc1noc(C)c1COc1ccc(C(=O)OCC(=O)N(C)C2CCCCC2)cc1. The van der Waals surface area contributed by atoms with Crippen LogP contribution in [0.25, 0.3) is 0 Å². The molecule has 0 saturated heterocycles. The van der Waals surface area contributed by atoms with Gasteiger partial charge in [0.15, 0.2) is 6.61 Å². The Balaban J connectivity index is 1.47. The van der Waals surface area contributed by atoms with Gasteiger partial charge in [-0.3, -0.25) is 4.79 Å². The topological polar surface area (TPSA) is 81.9 Å². The predicted molar refractivity (Wildman–Crippen MR) is 107 cm³/mol. The van der Waals surface area contributed by atoms with Crippen molar-refractivity contribution in [2.75, 3.05) is 13.7 Å². The summed E-state index contributed by atoms with van der Waals surface area (Å²) in [5.41, 5.74) is 2.09. The Morgan fingerprint density at radius 2 is 1.83 bits per heavy atom. The van der Waals surface area contributed by atoms with E-state index in [0.717, 1.165) is 42.7 Å². The van der Waals surface area contributed by atoms with E-state index in [4.69, 9.17) is 14.0 Å². The number of aryl methyl sites for hydroxylation is 2. The number of amides is 1. The molecule has 0 aliphatic heterocycles. The standard InChI is InChI=1S/C22H28N2O5/c1-15-20(16(2)29-23-15)13-27-19-11-9-17(10-12-19)22(26)28-14-21(25)24(3)18-7-5-4-6-8-18/h9-12,18H,4-8,13-14H2,1-3H3. The van der Waals surface area contributed by atoms with Gasteiger partial charge in [0.25, 0.3) is 5.91 Å². The molecule has 2 aromatic rings. The molecule has 1 aliphatic carbocycles. The minimum atomic E-state index is -0.521. The van der Waals surface area contributed by atoms with Gasteiger partial charge in [-0.1, -0.05) is 24.4 Å². The first-order valence-corrected chi connectivity index (χ1v) is 10.0. The fourth-order valence-corrected chi connectivity index (χ4v) is 3.54. The highest BCUT2D eigenvalue weighted by atomic mass is 16.5. The Morgan fingerprint density at radius 1 is 1.14 bits per heavy atom. The molecule has 0 bridgehead atoms. The van der Waals surface area contributed by atoms with Crippen LogP contribution < -0.4 is 4.74 Å². The molecule has 29 heavy (non-hydrogen) atoms. The van der Waals surface area contributed by atoms with E-state index in [9.17, 15) is 9.59 Å². The van der Waals surface area contributed by atoms with Crippen LogP contribution in [0.2, 0.25) is 0 Å². The summed E-state index contributed by atoms with van der Waals surface area (Å²) in [6.45, 7) is 3.80. The van der Waals surface area contributed by atoms with Gasteiger partial charge in [-0.05, 0) is 51.0 Å². The van der Waals surface area contributed by atoms with Gasteiger partial charge in [0, 0.05) is 13.1 Å². The highest BCUT2D eigenvalue weighted by Gasteiger charge is 2.23. The summed E-state index contributed by atoms with van der Waals surface area (Å²) in [4.78, 5) is 26.3. The van der Waals surface area contributed by atoms with Crippen molar-refractivity contribution in [2.24, 2.45) is 0 Å². The number of ether oxygens (including phenoxy) is 2.